The molecule has 3 aromatic rings. The molecule has 2 aliphatic rings. The molecule has 0 bridgehead atoms. The van der Waals surface area contributed by atoms with E-state index in [2.05, 4.69) is 0 Å². The Bertz CT molecular complexity index is 1280. The number of benzene rings is 3. The molecule has 2 amide bonds. The van der Waals surface area contributed by atoms with Gasteiger partial charge in [0.15, 0.2) is 17.6 Å². The number of carbonyl (C=O) groups excluding carboxylic acids is 2. The smallest absolute Gasteiger partial charge is 0.266 e. The lowest BCUT2D eigenvalue weighted by Gasteiger charge is -2.29. The molecule has 0 saturated carbocycles. The Morgan fingerprint density at radius 2 is 1.59 bits per heavy atom. The van der Waals surface area contributed by atoms with Gasteiger partial charge < -0.3 is 14.2 Å². The Labute approximate surface area is 216 Å². The third-order valence-corrected chi connectivity index (χ3v) is 6.52. The minimum Gasteiger partial charge on any atom is -0.495 e. The number of methoxy groups -OCH3 is 1. The van der Waals surface area contributed by atoms with Crippen LogP contribution in [-0.2, 0) is 14.4 Å². The number of amides is 2. The van der Waals surface area contributed by atoms with Crippen molar-refractivity contribution in [3.8, 4) is 17.2 Å². The van der Waals surface area contributed by atoms with Crippen LogP contribution in [0.2, 0.25) is 0 Å². The van der Waals surface area contributed by atoms with Gasteiger partial charge in [-0.2, -0.15) is 0 Å². The number of fused-ring (bicyclic) bond motifs is 1. The third kappa shape index (κ3) is 4.38. The zero-order chi connectivity index (χ0) is 25.9. The maximum atomic E-state index is 13.9. The van der Waals surface area contributed by atoms with Crippen molar-refractivity contribution in [1.29, 1.82) is 0 Å². The lowest BCUT2D eigenvalue weighted by Crippen LogP contribution is -2.37. The van der Waals surface area contributed by atoms with Gasteiger partial charge in [0.05, 0.1) is 37.7 Å². The molecule has 2 saturated heterocycles. The molecule has 0 aromatic heterocycles. The van der Waals surface area contributed by atoms with E-state index in [0.717, 1.165) is 17.7 Å². The summed E-state index contributed by atoms with van der Waals surface area (Å²) in [4.78, 5) is 35.0. The predicted octanol–water partition coefficient (Wildman–Crippen LogP) is 4.93. The van der Waals surface area contributed by atoms with E-state index >= 15 is 0 Å². The Kier molecular flexibility index (Phi) is 7.01. The molecule has 3 atom stereocenters. The summed E-state index contributed by atoms with van der Waals surface area (Å²) in [5.74, 6) is 0.135. The van der Waals surface area contributed by atoms with E-state index in [1.165, 1.54) is 12.0 Å². The van der Waals surface area contributed by atoms with Crippen LogP contribution in [0.1, 0.15) is 31.9 Å². The summed E-state index contributed by atoms with van der Waals surface area (Å²) in [6, 6.07) is 21.5. The van der Waals surface area contributed by atoms with Crippen LogP contribution in [0.5, 0.6) is 17.2 Å². The fourth-order valence-electron chi connectivity index (χ4n) is 4.91. The number of para-hydroxylation sites is 3. The predicted molar refractivity (Wildman–Crippen MR) is 139 cm³/mol. The summed E-state index contributed by atoms with van der Waals surface area (Å²) in [7, 11) is 1.51. The summed E-state index contributed by atoms with van der Waals surface area (Å²) in [5.41, 5.74) is 1.93. The molecule has 0 N–H and O–H groups in total. The number of nitrogens with zero attached hydrogens (tertiary/aromatic N) is 2. The lowest BCUT2D eigenvalue weighted by molar-refractivity contribution is -0.126. The molecule has 37 heavy (non-hydrogen) atoms. The first-order valence-corrected chi connectivity index (χ1v) is 12.5. The van der Waals surface area contributed by atoms with Gasteiger partial charge in [-0.15, -0.1) is 0 Å². The Hall–Kier alpha value is -4.04. The van der Waals surface area contributed by atoms with Crippen molar-refractivity contribution < 1.29 is 28.6 Å². The molecule has 8 nitrogen and oxygen atoms in total. The second-order valence-electron chi connectivity index (χ2n) is 8.83. The van der Waals surface area contributed by atoms with E-state index < -0.39 is 24.0 Å². The molecule has 2 heterocycles. The van der Waals surface area contributed by atoms with Crippen LogP contribution in [0.25, 0.3) is 0 Å². The normalized spacial score (nSPS) is 20.8. The van der Waals surface area contributed by atoms with E-state index in [0.29, 0.717) is 36.1 Å². The fourth-order valence-corrected chi connectivity index (χ4v) is 4.91. The average molecular weight is 503 g/mol. The number of hydrogen-bond donors (Lipinski definition) is 0. The van der Waals surface area contributed by atoms with Gasteiger partial charge in [-0.05, 0) is 55.3 Å². The van der Waals surface area contributed by atoms with Crippen LogP contribution in [-0.4, -0.2) is 38.2 Å². The number of anilines is 2. The molecule has 0 aliphatic carbocycles. The molecule has 192 valence electrons. The fraction of sp³-hybridized carbons (Fsp3) is 0.310. The van der Waals surface area contributed by atoms with E-state index in [9.17, 15) is 9.59 Å². The average Bonchev–Trinajstić information content (AvgIpc) is 3.44. The maximum absolute atomic E-state index is 13.9. The van der Waals surface area contributed by atoms with Gasteiger partial charge in [0, 0.05) is 0 Å². The van der Waals surface area contributed by atoms with Crippen molar-refractivity contribution in [2.24, 2.45) is 5.92 Å². The summed E-state index contributed by atoms with van der Waals surface area (Å²) < 4.78 is 17.2. The number of ether oxygens (including phenoxy) is 3. The van der Waals surface area contributed by atoms with Gasteiger partial charge in [0.1, 0.15) is 11.7 Å². The number of hydroxylamine groups is 1. The Morgan fingerprint density at radius 1 is 0.838 bits per heavy atom. The highest BCUT2D eigenvalue weighted by atomic mass is 16.7. The minimum atomic E-state index is -0.978. The third-order valence-electron chi connectivity index (χ3n) is 6.52. The zero-order valence-electron chi connectivity index (χ0n) is 21.1. The first-order valence-electron chi connectivity index (χ1n) is 12.5. The molecular formula is C29H30N2O6. The van der Waals surface area contributed by atoms with Gasteiger partial charge in [-0.25, -0.2) is 9.96 Å². The van der Waals surface area contributed by atoms with Crippen LogP contribution in [0.3, 0.4) is 0 Å². The van der Waals surface area contributed by atoms with E-state index in [1.807, 2.05) is 62.4 Å². The summed E-state index contributed by atoms with van der Waals surface area (Å²) in [6.45, 7) is 4.97. The van der Waals surface area contributed by atoms with E-state index in [4.69, 9.17) is 19.0 Å². The van der Waals surface area contributed by atoms with Crippen molar-refractivity contribution in [3.63, 3.8) is 0 Å². The SMILES string of the molecule is CCCOc1ccc([C@@H]2[C@@H]3C(=O)N(c4ccccc4OC)C(=O)[C@H]3ON2c2ccccc2)cc1OCC. The zero-order valence-corrected chi connectivity index (χ0v) is 21.1. The van der Waals surface area contributed by atoms with E-state index in [-0.39, 0.29) is 5.91 Å². The monoisotopic (exact) mass is 502 g/mol. The highest BCUT2D eigenvalue weighted by molar-refractivity contribution is 6.24. The van der Waals surface area contributed by atoms with Gasteiger partial charge in [-0.3, -0.25) is 14.4 Å². The van der Waals surface area contributed by atoms with Crippen molar-refractivity contribution in [3.05, 3.63) is 78.4 Å². The van der Waals surface area contributed by atoms with Crippen molar-refractivity contribution in [1.82, 2.24) is 0 Å². The largest absolute Gasteiger partial charge is 0.495 e. The molecule has 5 rings (SSSR count). The minimum absolute atomic E-state index is 0.341. The quantitative estimate of drug-likeness (QED) is 0.384. The van der Waals surface area contributed by atoms with Crippen molar-refractivity contribution in [2.75, 3.05) is 30.3 Å². The highest BCUT2D eigenvalue weighted by Gasteiger charge is 2.60. The summed E-state index contributed by atoms with van der Waals surface area (Å²) in [6.07, 6.45) is -0.112. The Balaban J connectivity index is 1.59. The van der Waals surface area contributed by atoms with Crippen LogP contribution in [0, 0.1) is 5.92 Å². The van der Waals surface area contributed by atoms with Crippen LogP contribution in [0.15, 0.2) is 72.8 Å². The van der Waals surface area contributed by atoms with E-state index in [1.54, 1.807) is 29.3 Å². The molecule has 8 heteroatoms. The standard InChI is InChI=1S/C29H30N2O6/c1-4-17-36-23-16-15-19(18-24(23)35-5-2)26-25-27(37-31(26)20-11-7-6-8-12-20)29(33)30(28(25)32)21-13-9-10-14-22(21)34-3/h6-16,18,25-27H,4-5,17H2,1-3H3/t25-,26+,27-/m0/s1. The van der Waals surface area contributed by atoms with Gasteiger partial charge >= 0.3 is 0 Å². The molecule has 2 aliphatic heterocycles. The second-order valence-corrected chi connectivity index (χ2v) is 8.83. The molecule has 2 fully saturated rings. The Morgan fingerprint density at radius 3 is 2.32 bits per heavy atom. The van der Waals surface area contributed by atoms with Crippen molar-refractivity contribution in [2.45, 2.75) is 32.4 Å². The number of rotatable bonds is 9. The lowest BCUT2D eigenvalue weighted by atomic mass is 9.90. The molecular weight excluding hydrogens is 472 g/mol. The summed E-state index contributed by atoms with van der Waals surface area (Å²) >= 11 is 0. The second kappa shape index (κ2) is 10.5. The molecule has 0 radical (unpaired) electrons. The van der Waals surface area contributed by atoms with Crippen LogP contribution >= 0.6 is 0 Å². The first kappa shape index (κ1) is 24.6. The van der Waals surface area contributed by atoms with Gasteiger partial charge in [0.2, 0.25) is 5.91 Å². The van der Waals surface area contributed by atoms with Crippen LogP contribution in [0.4, 0.5) is 11.4 Å². The number of carbonyl (C=O) groups is 2. The van der Waals surface area contributed by atoms with Gasteiger partial charge in [-0.1, -0.05) is 43.3 Å². The highest BCUT2D eigenvalue weighted by Crippen LogP contribution is 2.49. The number of imide groups is 1. The maximum Gasteiger partial charge on any atom is 0.266 e. The molecule has 3 aromatic carbocycles. The van der Waals surface area contributed by atoms with Crippen LogP contribution < -0.4 is 24.2 Å². The molecule has 0 unspecified atom stereocenters. The summed E-state index contributed by atoms with van der Waals surface area (Å²) in [5, 5.41) is 1.67. The van der Waals surface area contributed by atoms with Gasteiger partial charge in [0.25, 0.3) is 5.91 Å². The van der Waals surface area contributed by atoms with Crippen molar-refractivity contribution >= 4 is 23.2 Å². The first-order chi connectivity index (χ1) is 18.1. The molecule has 0 spiro atoms. The number of hydrogen-bond acceptors (Lipinski definition) is 7. The topological polar surface area (TPSA) is 77.5 Å².